The Morgan fingerprint density at radius 2 is 0.717 bits per heavy atom. The first kappa shape index (κ1) is 45.1. The summed E-state index contributed by atoms with van der Waals surface area (Å²) in [6.07, 6.45) is 17.4. The van der Waals surface area contributed by atoms with Gasteiger partial charge < -0.3 is 0 Å². The summed E-state index contributed by atoms with van der Waals surface area (Å²) in [7, 11) is 0. The molecular weight excluding hydrogens is 1130 g/mol. The van der Waals surface area contributed by atoms with Gasteiger partial charge in [-0.05, 0) is 0 Å². The van der Waals surface area contributed by atoms with Gasteiger partial charge in [-0.25, -0.2) is 0 Å². The molecule has 0 heterocycles. The van der Waals surface area contributed by atoms with Crippen LogP contribution in [-0.2, 0) is 53.0 Å². The first-order chi connectivity index (χ1) is 28.4. The van der Waals surface area contributed by atoms with E-state index < -0.39 is 40.1 Å². The molecule has 4 aliphatic carbocycles. The van der Waals surface area contributed by atoms with Gasteiger partial charge in [0.15, 0.2) is 0 Å². The second kappa shape index (κ2) is 20.5. The van der Waals surface area contributed by atoms with Gasteiger partial charge in [0.05, 0.1) is 0 Å². The third-order valence-electron chi connectivity index (χ3n) is 12.6. The average molecular weight is 1190 g/mol. The molecule has 60 heavy (non-hydrogen) atoms. The summed E-state index contributed by atoms with van der Waals surface area (Å²) in [6.45, 7) is 10.4. The Labute approximate surface area is 386 Å². The van der Waals surface area contributed by atoms with Crippen molar-refractivity contribution in [1.29, 1.82) is 0 Å². The SMILES string of the molecule is C[Si](C)=[Hf]([CH]1C=Cc2ccccc21)[CH]1C=C(Cc2ccccc2)c2ccccc21.C[Si](C)=[Hf]([CH]1C=Cc2ccccc21)[CH]1C=C(Cc2ccccc2)c2ccccc21.Cl.Cl. The van der Waals surface area contributed by atoms with Gasteiger partial charge in [-0.3, -0.25) is 0 Å². The largest absolute Gasteiger partial charge is 0.147 e. The van der Waals surface area contributed by atoms with Gasteiger partial charge in [-0.15, -0.1) is 24.8 Å². The molecule has 0 saturated heterocycles. The monoisotopic (exact) mass is 1190 g/mol. The second-order valence-corrected chi connectivity index (χ2v) is 67.2. The fourth-order valence-electron chi connectivity index (χ4n) is 10.0. The summed E-state index contributed by atoms with van der Waals surface area (Å²) in [4.78, 5) is 0. The molecule has 4 atom stereocenters. The van der Waals surface area contributed by atoms with Crippen LogP contribution in [0.5, 0.6) is 0 Å². The molecule has 0 nitrogen and oxygen atoms in total. The van der Waals surface area contributed by atoms with Gasteiger partial charge in [-0.2, -0.15) is 0 Å². The number of hydrogen-bond acceptors (Lipinski definition) is 0. The van der Waals surface area contributed by atoms with Crippen molar-refractivity contribution in [1.82, 2.24) is 0 Å². The van der Waals surface area contributed by atoms with Crippen LogP contribution in [0.3, 0.4) is 0 Å². The molecule has 4 aliphatic rings. The van der Waals surface area contributed by atoms with Crippen molar-refractivity contribution in [3.63, 3.8) is 0 Å². The van der Waals surface area contributed by atoms with Crippen LogP contribution in [-0.4, -0.2) is 11.0 Å². The minimum atomic E-state index is -2.03. The number of fused-ring (bicyclic) bond motifs is 4. The van der Waals surface area contributed by atoms with Crippen molar-refractivity contribution in [2.24, 2.45) is 0 Å². The molecule has 6 aromatic carbocycles. The van der Waals surface area contributed by atoms with E-state index in [1.807, 2.05) is 0 Å². The molecule has 0 saturated carbocycles. The van der Waals surface area contributed by atoms with Crippen LogP contribution in [0.1, 0.15) is 70.3 Å². The molecule has 300 valence electrons. The van der Waals surface area contributed by atoms with Crippen LogP contribution in [0.25, 0.3) is 23.3 Å². The normalized spacial score (nSPS) is 18.3. The predicted molar refractivity (Wildman–Crippen MR) is 261 cm³/mol. The zero-order chi connectivity index (χ0) is 39.6. The fourth-order valence-corrected chi connectivity index (χ4v) is 63.6. The van der Waals surface area contributed by atoms with Crippen molar-refractivity contribution in [2.75, 3.05) is 0 Å². The molecule has 0 aliphatic heterocycles. The molecule has 0 radical (unpaired) electrons. The van der Waals surface area contributed by atoms with E-state index in [2.05, 4.69) is 220 Å². The van der Waals surface area contributed by atoms with E-state index in [-0.39, 0.29) is 35.8 Å². The van der Waals surface area contributed by atoms with Crippen molar-refractivity contribution in [3.8, 4) is 0 Å². The molecule has 6 aromatic rings. The van der Waals surface area contributed by atoms with Gasteiger partial charge in [0.2, 0.25) is 0 Å². The van der Waals surface area contributed by atoms with E-state index in [0.717, 1.165) is 27.5 Å². The minimum absolute atomic E-state index is 0. The topological polar surface area (TPSA) is 0 Å². The Morgan fingerprint density at radius 3 is 1.10 bits per heavy atom. The van der Waals surface area contributed by atoms with Crippen LogP contribution >= 0.6 is 24.8 Å². The summed E-state index contributed by atoms with van der Waals surface area (Å²) >= 11 is -4.06. The summed E-state index contributed by atoms with van der Waals surface area (Å²) in [6, 6.07) is 58.7. The van der Waals surface area contributed by atoms with E-state index in [1.165, 1.54) is 33.4 Å². The Hall–Kier alpha value is -2.97. The van der Waals surface area contributed by atoms with Crippen LogP contribution in [0.2, 0.25) is 26.2 Å². The van der Waals surface area contributed by atoms with E-state index >= 15 is 0 Å². The summed E-state index contributed by atoms with van der Waals surface area (Å²) < 4.78 is 2.93. The average Bonchev–Trinajstić information content (AvgIpc) is 4.04. The molecule has 6 heteroatoms. The third-order valence-corrected chi connectivity index (χ3v) is 66.7. The van der Waals surface area contributed by atoms with Crippen LogP contribution in [0, 0.1) is 0 Å². The van der Waals surface area contributed by atoms with E-state index in [1.54, 1.807) is 33.4 Å². The van der Waals surface area contributed by atoms with Crippen LogP contribution in [0.15, 0.2) is 182 Å². The van der Waals surface area contributed by atoms with Crippen molar-refractivity contribution < 1.29 is 40.1 Å². The zero-order valence-electron chi connectivity index (χ0n) is 35.0. The Morgan fingerprint density at radius 1 is 0.383 bits per heavy atom. The number of hydrogen-bond donors (Lipinski definition) is 0. The minimum Gasteiger partial charge on any atom is -0.147 e. The number of rotatable bonds is 8. The third kappa shape index (κ3) is 9.36. The van der Waals surface area contributed by atoms with Gasteiger partial charge in [0, 0.05) is 0 Å². The zero-order valence-corrected chi connectivity index (χ0v) is 45.8. The first-order valence-electron chi connectivity index (χ1n) is 21.0. The van der Waals surface area contributed by atoms with Gasteiger partial charge >= 0.3 is 366 Å². The molecular formula is C54H54Cl2Hf2Si2. The van der Waals surface area contributed by atoms with Crippen LogP contribution in [0.4, 0.5) is 0 Å². The molecule has 4 unspecified atom stereocenters. The standard InChI is InChI=1S/2C16H13.2C9H7.2C2H6Si.2ClH.2Hf/c2*1-2-6-13(7-3-1)12-15-11-10-14-8-4-5-9-16(14)15;2*1-2-5-9-7-3-6-8(9)4-1;2*1-3-2;;;;/h2*1-11H,12H2;2*1-7H;2*1-2H3;2*1H;;. The van der Waals surface area contributed by atoms with Crippen molar-refractivity contribution in [2.45, 2.75) is 53.7 Å². The maximum absolute atomic E-state index is 2.70. The summed E-state index contributed by atoms with van der Waals surface area (Å²) in [5, 5.41) is 0. The van der Waals surface area contributed by atoms with Gasteiger partial charge in [0.25, 0.3) is 0 Å². The predicted octanol–water partition coefficient (Wildman–Crippen LogP) is 14.9. The smallest absolute Gasteiger partial charge is 0.147 e. The maximum Gasteiger partial charge on any atom is -0.147 e. The summed E-state index contributed by atoms with van der Waals surface area (Å²) in [5.74, 6) is 0. The quantitative estimate of drug-likeness (QED) is 0.133. The Balaban J connectivity index is 0.000000176. The van der Waals surface area contributed by atoms with Gasteiger partial charge in [0.1, 0.15) is 0 Å². The molecule has 0 aromatic heterocycles. The first-order valence-corrected chi connectivity index (χ1v) is 45.1. The molecule has 10 rings (SSSR count). The van der Waals surface area contributed by atoms with E-state index in [0.29, 0.717) is 0 Å². The molecule has 0 fully saturated rings. The second-order valence-electron chi connectivity index (χ2n) is 16.7. The van der Waals surface area contributed by atoms with E-state index in [4.69, 9.17) is 0 Å². The van der Waals surface area contributed by atoms with Crippen molar-refractivity contribution in [3.05, 3.63) is 238 Å². The molecule has 0 amide bonds. The number of halogens is 2. The van der Waals surface area contributed by atoms with E-state index in [9.17, 15) is 0 Å². The molecule has 0 spiro atoms. The number of allylic oxidation sites excluding steroid dienone is 6. The molecule has 0 bridgehead atoms. The Bertz CT molecular complexity index is 2500. The summed E-state index contributed by atoms with van der Waals surface area (Å²) in [5.41, 5.74) is 17.8. The molecule has 0 N–H and O–H groups in total. The Kier molecular flexibility index (Phi) is 15.4. The van der Waals surface area contributed by atoms with Crippen LogP contribution < -0.4 is 0 Å². The number of benzene rings is 6. The van der Waals surface area contributed by atoms with Gasteiger partial charge in [-0.1, -0.05) is 0 Å². The van der Waals surface area contributed by atoms with Crippen molar-refractivity contribution >= 4 is 59.1 Å². The maximum atomic E-state index is 2.70. The fraction of sp³-hybridized carbons (Fsp3) is 0.185.